The quantitative estimate of drug-likeness (QED) is 0.769. The highest BCUT2D eigenvalue weighted by Gasteiger charge is 2.09. The largest absolute Gasteiger partial charge is 0.347 e. The fraction of sp³-hybridized carbons (Fsp3) is 0.429. The van der Waals surface area contributed by atoms with Gasteiger partial charge in [-0.3, -0.25) is 9.59 Å². The van der Waals surface area contributed by atoms with E-state index in [0.29, 0.717) is 0 Å². The van der Waals surface area contributed by atoms with Crippen molar-refractivity contribution in [2.45, 2.75) is 27.2 Å². The number of rotatable bonds is 5. The minimum absolute atomic E-state index is 0. The van der Waals surface area contributed by atoms with Crippen LogP contribution in [0.1, 0.15) is 23.1 Å². The number of hydrogen-bond donors (Lipinski definition) is 3. The van der Waals surface area contributed by atoms with Gasteiger partial charge in [-0.15, -0.1) is 12.4 Å². The summed E-state index contributed by atoms with van der Waals surface area (Å²) in [4.78, 5) is 23.0. The Labute approximate surface area is 125 Å². The number of carbonyl (C=O) groups excluding carboxylic acids is 2. The average molecular weight is 300 g/mol. The van der Waals surface area contributed by atoms with E-state index < -0.39 is 0 Å². The number of nitrogens with one attached hydrogen (secondary N) is 2. The third-order valence-corrected chi connectivity index (χ3v) is 2.76. The first-order chi connectivity index (χ1) is 8.93. The standard InChI is InChI=1S/C14H21N3O2.ClH/c1-9-6-10(2)14(11(3)7-9)17-13(19)8-16-12(18)4-5-15;/h6-7H,4-5,8,15H2,1-3H3,(H,16,18)(H,17,19);1H. The molecule has 0 saturated heterocycles. The molecule has 0 heterocycles. The molecule has 1 rings (SSSR count). The van der Waals surface area contributed by atoms with Gasteiger partial charge in [0.05, 0.1) is 6.54 Å². The maximum Gasteiger partial charge on any atom is 0.243 e. The van der Waals surface area contributed by atoms with Crippen molar-refractivity contribution in [3.05, 3.63) is 28.8 Å². The first-order valence-electron chi connectivity index (χ1n) is 6.28. The molecule has 6 heteroatoms. The van der Waals surface area contributed by atoms with Crippen LogP contribution in [0.25, 0.3) is 0 Å². The summed E-state index contributed by atoms with van der Waals surface area (Å²) in [6.45, 7) is 6.15. The molecule has 0 spiro atoms. The van der Waals surface area contributed by atoms with Crippen LogP contribution >= 0.6 is 12.4 Å². The molecule has 1 aromatic carbocycles. The van der Waals surface area contributed by atoms with E-state index in [2.05, 4.69) is 10.6 Å². The van der Waals surface area contributed by atoms with Gasteiger partial charge in [0.15, 0.2) is 0 Å². The van der Waals surface area contributed by atoms with Gasteiger partial charge in [0.1, 0.15) is 0 Å². The molecular formula is C14H22ClN3O2. The molecule has 112 valence electrons. The molecular weight excluding hydrogens is 278 g/mol. The van der Waals surface area contributed by atoms with Gasteiger partial charge in [0, 0.05) is 18.7 Å². The zero-order valence-electron chi connectivity index (χ0n) is 12.1. The van der Waals surface area contributed by atoms with Crippen molar-refractivity contribution >= 4 is 29.9 Å². The van der Waals surface area contributed by atoms with Crippen molar-refractivity contribution in [2.75, 3.05) is 18.4 Å². The van der Waals surface area contributed by atoms with E-state index in [1.54, 1.807) is 0 Å². The zero-order chi connectivity index (χ0) is 14.4. The summed E-state index contributed by atoms with van der Waals surface area (Å²) in [5, 5.41) is 5.34. The van der Waals surface area contributed by atoms with E-state index in [1.165, 1.54) is 0 Å². The first-order valence-corrected chi connectivity index (χ1v) is 6.28. The van der Waals surface area contributed by atoms with Crippen molar-refractivity contribution < 1.29 is 9.59 Å². The smallest absolute Gasteiger partial charge is 0.243 e. The molecule has 0 aliphatic heterocycles. The summed E-state index contributed by atoms with van der Waals surface area (Å²) >= 11 is 0. The first kappa shape index (κ1) is 18.4. The summed E-state index contributed by atoms with van der Waals surface area (Å²) < 4.78 is 0. The highest BCUT2D eigenvalue weighted by molar-refractivity contribution is 5.95. The number of benzene rings is 1. The van der Waals surface area contributed by atoms with Crippen LogP contribution in [-0.2, 0) is 9.59 Å². The molecule has 4 N–H and O–H groups in total. The minimum atomic E-state index is -0.236. The predicted octanol–water partition coefficient (Wildman–Crippen LogP) is 1.44. The molecule has 5 nitrogen and oxygen atoms in total. The summed E-state index contributed by atoms with van der Waals surface area (Å²) in [6, 6.07) is 4.02. The second-order valence-electron chi connectivity index (χ2n) is 4.64. The number of anilines is 1. The predicted molar refractivity (Wildman–Crippen MR) is 83.2 cm³/mol. The SMILES string of the molecule is Cc1cc(C)c(NC(=O)CNC(=O)CCN)c(C)c1.Cl. The lowest BCUT2D eigenvalue weighted by molar-refractivity contribution is -0.124. The lowest BCUT2D eigenvalue weighted by Crippen LogP contribution is -2.34. The lowest BCUT2D eigenvalue weighted by Gasteiger charge is -2.13. The number of nitrogens with two attached hydrogens (primary N) is 1. The van der Waals surface area contributed by atoms with Gasteiger partial charge in [0.25, 0.3) is 0 Å². The van der Waals surface area contributed by atoms with Crippen LogP contribution in [0.2, 0.25) is 0 Å². The highest BCUT2D eigenvalue weighted by Crippen LogP contribution is 2.21. The number of aryl methyl sites for hydroxylation is 3. The Morgan fingerprint density at radius 2 is 1.65 bits per heavy atom. The topological polar surface area (TPSA) is 84.2 Å². The fourth-order valence-corrected chi connectivity index (χ4v) is 1.96. The Morgan fingerprint density at radius 3 is 2.15 bits per heavy atom. The maximum atomic E-state index is 11.8. The molecule has 0 atom stereocenters. The minimum Gasteiger partial charge on any atom is -0.347 e. The van der Waals surface area contributed by atoms with Crippen LogP contribution in [-0.4, -0.2) is 24.9 Å². The van der Waals surface area contributed by atoms with Crippen LogP contribution in [0.5, 0.6) is 0 Å². The molecule has 0 saturated carbocycles. The van der Waals surface area contributed by atoms with Gasteiger partial charge < -0.3 is 16.4 Å². The maximum absolute atomic E-state index is 11.8. The molecule has 0 radical (unpaired) electrons. The number of amides is 2. The molecule has 20 heavy (non-hydrogen) atoms. The molecule has 0 aliphatic rings. The summed E-state index contributed by atoms with van der Waals surface area (Å²) in [6.07, 6.45) is 0.232. The van der Waals surface area contributed by atoms with E-state index in [1.807, 2.05) is 32.9 Å². The van der Waals surface area contributed by atoms with Gasteiger partial charge in [-0.2, -0.15) is 0 Å². The second-order valence-corrected chi connectivity index (χ2v) is 4.64. The highest BCUT2D eigenvalue weighted by atomic mass is 35.5. The van der Waals surface area contributed by atoms with E-state index in [9.17, 15) is 9.59 Å². The fourth-order valence-electron chi connectivity index (χ4n) is 1.96. The third kappa shape index (κ3) is 5.59. The monoisotopic (exact) mass is 299 g/mol. The van der Waals surface area contributed by atoms with Crippen molar-refractivity contribution in [1.29, 1.82) is 0 Å². The van der Waals surface area contributed by atoms with Crippen LogP contribution in [0.3, 0.4) is 0 Å². The second kappa shape index (κ2) is 8.55. The van der Waals surface area contributed by atoms with Crippen molar-refractivity contribution in [3.63, 3.8) is 0 Å². The van der Waals surface area contributed by atoms with Gasteiger partial charge in [-0.25, -0.2) is 0 Å². The molecule has 1 aromatic rings. The summed E-state index contributed by atoms with van der Waals surface area (Å²) in [5.41, 5.74) is 9.24. The Balaban J connectivity index is 0.00000361. The van der Waals surface area contributed by atoms with Crippen LogP contribution in [0.4, 0.5) is 5.69 Å². The van der Waals surface area contributed by atoms with Crippen molar-refractivity contribution in [3.8, 4) is 0 Å². The summed E-state index contributed by atoms with van der Waals surface area (Å²) in [5.74, 6) is -0.449. The molecule has 0 bridgehead atoms. The van der Waals surface area contributed by atoms with Gasteiger partial charge >= 0.3 is 0 Å². The Hall–Kier alpha value is -1.59. The lowest BCUT2D eigenvalue weighted by atomic mass is 10.1. The average Bonchev–Trinajstić information content (AvgIpc) is 2.31. The molecule has 0 unspecified atom stereocenters. The van der Waals surface area contributed by atoms with E-state index in [0.717, 1.165) is 22.4 Å². The Kier molecular flexibility index (Phi) is 7.87. The van der Waals surface area contributed by atoms with Gasteiger partial charge in [0.2, 0.25) is 11.8 Å². The Bertz CT molecular complexity index is 466. The van der Waals surface area contributed by atoms with Crippen LogP contribution < -0.4 is 16.4 Å². The van der Waals surface area contributed by atoms with Crippen LogP contribution in [0, 0.1) is 20.8 Å². The van der Waals surface area contributed by atoms with E-state index in [-0.39, 0.29) is 43.7 Å². The van der Waals surface area contributed by atoms with Crippen molar-refractivity contribution in [2.24, 2.45) is 5.73 Å². The third-order valence-electron chi connectivity index (χ3n) is 2.76. The molecule has 0 aliphatic carbocycles. The molecule has 2 amide bonds. The molecule has 0 aromatic heterocycles. The molecule has 0 fully saturated rings. The number of halogens is 1. The zero-order valence-corrected chi connectivity index (χ0v) is 12.9. The van der Waals surface area contributed by atoms with Gasteiger partial charge in [-0.05, 0) is 31.9 Å². The van der Waals surface area contributed by atoms with E-state index in [4.69, 9.17) is 5.73 Å². The Morgan fingerprint density at radius 1 is 1.10 bits per heavy atom. The van der Waals surface area contributed by atoms with Crippen molar-refractivity contribution in [1.82, 2.24) is 5.32 Å². The number of carbonyl (C=O) groups is 2. The summed E-state index contributed by atoms with van der Waals surface area (Å²) in [7, 11) is 0. The van der Waals surface area contributed by atoms with Crippen LogP contribution in [0.15, 0.2) is 12.1 Å². The normalized spacial score (nSPS) is 9.60. The van der Waals surface area contributed by atoms with E-state index >= 15 is 0 Å². The van der Waals surface area contributed by atoms with Gasteiger partial charge in [-0.1, -0.05) is 17.7 Å². The number of hydrogen-bond acceptors (Lipinski definition) is 3.